The van der Waals surface area contributed by atoms with Gasteiger partial charge in [-0.1, -0.05) is 0 Å². The molecule has 0 radical (unpaired) electrons. The third-order valence-corrected chi connectivity index (χ3v) is 2.51. The van der Waals surface area contributed by atoms with E-state index in [0.29, 0.717) is 0 Å². The summed E-state index contributed by atoms with van der Waals surface area (Å²) in [5, 5.41) is 7.86. The minimum atomic E-state index is -0.715. The molecule has 0 aliphatic carbocycles. The number of carbonyl (C=O) groups is 2. The summed E-state index contributed by atoms with van der Waals surface area (Å²) >= 11 is 0. The van der Waals surface area contributed by atoms with Gasteiger partial charge in [0.1, 0.15) is 0 Å². The van der Waals surface area contributed by atoms with E-state index in [4.69, 9.17) is 0 Å². The van der Waals surface area contributed by atoms with Gasteiger partial charge >= 0.3 is 11.9 Å². The SMILES string of the molecule is COC(=O)C(C)(C)CN=NCC(C)(C)C(=O)OC. The maximum absolute atomic E-state index is 11.4. The van der Waals surface area contributed by atoms with Crippen molar-refractivity contribution in [2.24, 2.45) is 21.1 Å². The monoisotopic (exact) mass is 258 g/mol. The Morgan fingerprint density at radius 2 is 1.11 bits per heavy atom. The molecule has 0 saturated carbocycles. The normalized spacial score (nSPS) is 12.6. The van der Waals surface area contributed by atoms with Crippen molar-refractivity contribution in [2.75, 3.05) is 27.3 Å². The summed E-state index contributed by atoms with van der Waals surface area (Å²) in [6.45, 7) is 7.34. The molecule has 0 amide bonds. The molecule has 0 aromatic heterocycles. The molecule has 0 bridgehead atoms. The molecular weight excluding hydrogens is 236 g/mol. The number of rotatable bonds is 6. The summed E-state index contributed by atoms with van der Waals surface area (Å²) in [6.07, 6.45) is 0. The first-order chi connectivity index (χ1) is 8.17. The third kappa shape index (κ3) is 4.81. The second-order valence-corrected chi connectivity index (χ2v) is 5.35. The van der Waals surface area contributed by atoms with Gasteiger partial charge in [0.15, 0.2) is 0 Å². The predicted octanol–water partition coefficient (Wildman–Crippen LogP) is 1.84. The second kappa shape index (κ2) is 6.47. The number of carbonyl (C=O) groups excluding carboxylic acids is 2. The summed E-state index contributed by atoms with van der Waals surface area (Å²) in [5.74, 6) is -0.678. The van der Waals surface area contributed by atoms with Crippen LogP contribution in [0.5, 0.6) is 0 Å². The molecule has 0 saturated heterocycles. The molecule has 0 aliphatic rings. The van der Waals surface area contributed by atoms with Gasteiger partial charge in [-0.25, -0.2) is 0 Å². The second-order valence-electron chi connectivity index (χ2n) is 5.35. The van der Waals surface area contributed by atoms with E-state index in [9.17, 15) is 9.59 Å². The Kier molecular flexibility index (Phi) is 5.94. The Morgan fingerprint density at radius 3 is 1.33 bits per heavy atom. The highest BCUT2D eigenvalue weighted by molar-refractivity contribution is 5.76. The van der Waals surface area contributed by atoms with Gasteiger partial charge in [0.25, 0.3) is 0 Å². The quantitative estimate of drug-likeness (QED) is 0.538. The Morgan fingerprint density at radius 1 is 0.833 bits per heavy atom. The third-order valence-electron chi connectivity index (χ3n) is 2.51. The Bertz CT molecular complexity index is 303. The predicted molar refractivity (Wildman–Crippen MR) is 66.2 cm³/mol. The highest BCUT2D eigenvalue weighted by Crippen LogP contribution is 2.20. The van der Waals surface area contributed by atoms with Gasteiger partial charge in [-0.3, -0.25) is 9.59 Å². The van der Waals surface area contributed by atoms with Crippen LogP contribution in [0.2, 0.25) is 0 Å². The first-order valence-electron chi connectivity index (χ1n) is 5.67. The van der Waals surface area contributed by atoms with Crippen LogP contribution >= 0.6 is 0 Å². The van der Waals surface area contributed by atoms with Crippen molar-refractivity contribution in [3.05, 3.63) is 0 Å². The van der Waals surface area contributed by atoms with E-state index in [-0.39, 0.29) is 25.0 Å². The topological polar surface area (TPSA) is 77.3 Å². The van der Waals surface area contributed by atoms with Crippen molar-refractivity contribution in [3.63, 3.8) is 0 Å². The van der Waals surface area contributed by atoms with Crippen LogP contribution in [0.1, 0.15) is 27.7 Å². The molecule has 0 atom stereocenters. The zero-order valence-electron chi connectivity index (χ0n) is 11.9. The molecule has 0 aromatic carbocycles. The molecular formula is C12H22N2O4. The van der Waals surface area contributed by atoms with Crippen LogP contribution in [0.4, 0.5) is 0 Å². The molecule has 6 heteroatoms. The number of hydrogen-bond donors (Lipinski definition) is 0. The van der Waals surface area contributed by atoms with Crippen molar-refractivity contribution < 1.29 is 19.1 Å². The maximum Gasteiger partial charge on any atom is 0.313 e. The highest BCUT2D eigenvalue weighted by atomic mass is 16.5. The van der Waals surface area contributed by atoms with Crippen molar-refractivity contribution in [1.29, 1.82) is 0 Å². The number of nitrogens with zero attached hydrogens (tertiary/aromatic N) is 2. The van der Waals surface area contributed by atoms with Gasteiger partial charge in [0.05, 0.1) is 38.1 Å². The first-order valence-corrected chi connectivity index (χ1v) is 5.67. The largest absolute Gasteiger partial charge is 0.469 e. The van der Waals surface area contributed by atoms with E-state index in [1.54, 1.807) is 27.7 Å². The van der Waals surface area contributed by atoms with Crippen LogP contribution in [0.3, 0.4) is 0 Å². The summed E-state index contributed by atoms with van der Waals surface area (Å²) in [7, 11) is 2.67. The lowest BCUT2D eigenvalue weighted by Crippen LogP contribution is -2.30. The summed E-state index contributed by atoms with van der Waals surface area (Å²) in [5.41, 5.74) is -1.43. The van der Waals surface area contributed by atoms with Crippen LogP contribution in [0.15, 0.2) is 10.2 Å². The molecule has 0 spiro atoms. The Balaban J connectivity index is 4.36. The Hall–Kier alpha value is -1.46. The number of azo groups is 1. The molecule has 0 rings (SSSR count). The molecule has 0 aliphatic heterocycles. The standard InChI is InChI=1S/C12H22N2O4/c1-11(2,9(15)17-5)7-13-14-8-12(3,4)10(16)18-6/h7-8H2,1-6H3. The fraction of sp³-hybridized carbons (Fsp3) is 0.833. The van der Waals surface area contributed by atoms with E-state index >= 15 is 0 Å². The van der Waals surface area contributed by atoms with Crippen molar-refractivity contribution in [1.82, 2.24) is 0 Å². The Labute approximate surface area is 108 Å². The van der Waals surface area contributed by atoms with Crippen LogP contribution < -0.4 is 0 Å². The number of methoxy groups -OCH3 is 2. The van der Waals surface area contributed by atoms with Crippen LogP contribution in [0, 0.1) is 10.8 Å². The van der Waals surface area contributed by atoms with E-state index in [2.05, 4.69) is 19.7 Å². The molecule has 6 nitrogen and oxygen atoms in total. The van der Waals surface area contributed by atoms with Crippen molar-refractivity contribution >= 4 is 11.9 Å². The average molecular weight is 258 g/mol. The fourth-order valence-corrected chi connectivity index (χ4v) is 1.14. The first kappa shape index (κ1) is 16.5. The van der Waals surface area contributed by atoms with Crippen molar-refractivity contribution in [3.8, 4) is 0 Å². The number of ether oxygens (including phenoxy) is 2. The lowest BCUT2D eigenvalue weighted by molar-refractivity contribution is -0.151. The zero-order chi connectivity index (χ0) is 14.4. The van der Waals surface area contributed by atoms with E-state index in [1.807, 2.05) is 0 Å². The van der Waals surface area contributed by atoms with E-state index < -0.39 is 10.8 Å². The smallest absolute Gasteiger partial charge is 0.313 e. The lowest BCUT2D eigenvalue weighted by Gasteiger charge is -2.19. The molecule has 18 heavy (non-hydrogen) atoms. The van der Waals surface area contributed by atoms with Gasteiger partial charge in [-0.15, -0.1) is 0 Å². The summed E-state index contributed by atoms with van der Waals surface area (Å²) in [4.78, 5) is 22.8. The molecule has 104 valence electrons. The van der Waals surface area contributed by atoms with Gasteiger partial charge in [0.2, 0.25) is 0 Å². The number of esters is 2. The van der Waals surface area contributed by atoms with E-state index in [0.717, 1.165) is 0 Å². The minimum Gasteiger partial charge on any atom is -0.469 e. The van der Waals surface area contributed by atoms with Crippen LogP contribution in [0.25, 0.3) is 0 Å². The minimum absolute atomic E-state index is 0.219. The molecule has 0 unspecified atom stereocenters. The molecule has 0 fully saturated rings. The highest BCUT2D eigenvalue weighted by Gasteiger charge is 2.30. The number of hydrogen-bond acceptors (Lipinski definition) is 6. The molecule has 0 heterocycles. The van der Waals surface area contributed by atoms with E-state index in [1.165, 1.54) is 14.2 Å². The van der Waals surface area contributed by atoms with Crippen molar-refractivity contribution in [2.45, 2.75) is 27.7 Å². The molecule has 0 N–H and O–H groups in total. The van der Waals surface area contributed by atoms with Gasteiger partial charge in [-0.05, 0) is 27.7 Å². The fourth-order valence-electron chi connectivity index (χ4n) is 1.14. The zero-order valence-corrected chi connectivity index (χ0v) is 11.9. The van der Waals surface area contributed by atoms with Crippen LogP contribution in [-0.2, 0) is 19.1 Å². The summed E-state index contributed by atoms with van der Waals surface area (Å²) in [6, 6.07) is 0. The summed E-state index contributed by atoms with van der Waals surface area (Å²) < 4.78 is 9.31. The van der Waals surface area contributed by atoms with Gasteiger partial charge in [-0.2, -0.15) is 10.2 Å². The average Bonchev–Trinajstić information content (AvgIpc) is 2.32. The van der Waals surface area contributed by atoms with Gasteiger partial charge < -0.3 is 9.47 Å². The molecule has 0 aromatic rings. The van der Waals surface area contributed by atoms with Crippen LogP contribution in [-0.4, -0.2) is 39.2 Å². The lowest BCUT2D eigenvalue weighted by atomic mass is 9.94. The van der Waals surface area contributed by atoms with Gasteiger partial charge in [0, 0.05) is 0 Å². The maximum atomic E-state index is 11.4.